The number of rotatable bonds is 40. The fourth-order valence-corrected chi connectivity index (χ4v) is 6.16. The maximum absolute atomic E-state index is 12.1. The first-order valence-electron chi connectivity index (χ1n) is 22.2. The number of hydrogen-bond donors (Lipinski definition) is 3. The lowest BCUT2D eigenvalue weighted by Crippen LogP contribution is -2.27. The van der Waals surface area contributed by atoms with Crippen molar-refractivity contribution in [2.24, 2.45) is 0 Å². The summed E-state index contributed by atoms with van der Waals surface area (Å²) in [5, 5.41) is 12.7. The van der Waals surface area contributed by atoms with E-state index in [0.29, 0.717) is 12.8 Å². The molecule has 0 aliphatic heterocycles. The number of amides is 1. The molecule has 0 heterocycles. The molecule has 2 atom stereocenters. The van der Waals surface area contributed by atoms with E-state index < -0.39 is 26.5 Å². The Labute approximate surface area is 353 Å². The summed E-state index contributed by atoms with van der Waals surface area (Å²) < 4.78 is 26.9. The minimum atomic E-state index is -4.43. The summed E-state index contributed by atoms with van der Waals surface area (Å²) in [4.78, 5) is 33.9. The van der Waals surface area contributed by atoms with E-state index in [2.05, 4.69) is 116 Å². The van der Waals surface area contributed by atoms with E-state index in [-0.39, 0.29) is 32.1 Å². The summed E-state index contributed by atoms with van der Waals surface area (Å²) in [6.07, 6.45) is 56.2. The molecule has 58 heavy (non-hydrogen) atoms. The third kappa shape index (κ3) is 44.0. The van der Waals surface area contributed by atoms with E-state index in [1.807, 2.05) is 0 Å². The number of carbonyl (C=O) groups excluding carboxylic acids is 2. The van der Waals surface area contributed by atoms with Gasteiger partial charge in [0, 0.05) is 19.4 Å². The number of carbonyl (C=O) groups is 2. The second-order valence-electron chi connectivity index (χ2n) is 14.3. The number of esters is 1. The highest BCUT2D eigenvalue weighted by Crippen LogP contribution is 2.42. The Morgan fingerprint density at radius 3 is 1.48 bits per heavy atom. The van der Waals surface area contributed by atoms with Crippen LogP contribution in [0.25, 0.3) is 0 Å². The molecular formula is C48H80NO8P. The first kappa shape index (κ1) is 54.9. The van der Waals surface area contributed by atoms with Gasteiger partial charge in [-0.3, -0.25) is 18.6 Å². The van der Waals surface area contributed by atoms with Crippen molar-refractivity contribution in [2.75, 3.05) is 26.4 Å². The van der Waals surface area contributed by atoms with Crippen molar-refractivity contribution < 1.29 is 37.9 Å². The van der Waals surface area contributed by atoms with Gasteiger partial charge < -0.3 is 20.1 Å². The van der Waals surface area contributed by atoms with E-state index >= 15 is 0 Å². The number of phosphoric acid groups is 1. The predicted molar refractivity (Wildman–Crippen MR) is 242 cm³/mol. The highest BCUT2D eigenvalue weighted by Gasteiger charge is 2.23. The van der Waals surface area contributed by atoms with Crippen LogP contribution < -0.4 is 5.32 Å². The number of hydrogen-bond acceptors (Lipinski definition) is 7. The lowest BCUT2D eigenvalue weighted by Gasteiger charge is -2.15. The van der Waals surface area contributed by atoms with Crippen molar-refractivity contribution in [3.05, 3.63) is 97.2 Å². The normalized spacial score (nSPS) is 14.2. The van der Waals surface area contributed by atoms with Gasteiger partial charge in [0.2, 0.25) is 5.91 Å². The van der Waals surface area contributed by atoms with Crippen molar-refractivity contribution >= 4 is 19.7 Å². The molecule has 9 nitrogen and oxygen atoms in total. The van der Waals surface area contributed by atoms with E-state index in [0.717, 1.165) is 109 Å². The summed E-state index contributed by atoms with van der Waals surface area (Å²) in [6, 6.07) is 0. The van der Waals surface area contributed by atoms with Crippen LogP contribution in [0.4, 0.5) is 0 Å². The molecule has 0 rings (SSSR count). The molecule has 0 saturated heterocycles. The van der Waals surface area contributed by atoms with Gasteiger partial charge in [-0.05, 0) is 89.9 Å². The van der Waals surface area contributed by atoms with Gasteiger partial charge in [-0.15, -0.1) is 0 Å². The average Bonchev–Trinajstić information content (AvgIpc) is 3.21. The summed E-state index contributed by atoms with van der Waals surface area (Å²) in [6.45, 7) is 3.33. The van der Waals surface area contributed by atoms with Crippen LogP contribution in [-0.2, 0) is 27.9 Å². The van der Waals surface area contributed by atoms with Gasteiger partial charge >= 0.3 is 13.8 Å². The molecular weight excluding hydrogens is 750 g/mol. The summed E-state index contributed by atoms with van der Waals surface area (Å²) >= 11 is 0. The van der Waals surface area contributed by atoms with Crippen LogP contribution in [0.15, 0.2) is 97.2 Å². The lowest BCUT2D eigenvalue weighted by atomic mass is 10.1. The van der Waals surface area contributed by atoms with Gasteiger partial charge in [0.1, 0.15) is 12.7 Å². The molecule has 10 heteroatoms. The maximum Gasteiger partial charge on any atom is 0.472 e. The molecule has 0 spiro atoms. The van der Waals surface area contributed by atoms with Gasteiger partial charge in [0.05, 0.1) is 13.2 Å². The van der Waals surface area contributed by atoms with Crippen molar-refractivity contribution in [1.82, 2.24) is 5.32 Å². The number of aliphatic hydroxyl groups is 1. The summed E-state index contributed by atoms with van der Waals surface area (Å²) in [7, 11) is -4.43. The molecule has 0 radical (unpaired) electrons. The monoisotopic (exact) mass is 830 g/mol. The van der Waals surface area contributed by atoms with Gasteiger partial charge in [-0.25, -0.2) is 4.57 Å². The second kappa shape index (κ2) is 43.5. The molecule has 3 N–H and O–H groups in total. The van der Waals surface area contributed by atoms with Crippen LogP contribution in [0.3, 0.4) is 0 Å². The number of unbranched alkanes of at least 4 members (excludes halogenated alkanes) is 11. The first-order chi connectivity index (χ1) is 28.3. The topological polar surface area (TPSA) is 131 Å². The van der Waals surface area contributed by atoms with Crippen LogP contribution in [0, 0.1) is 0 Å². The number of nitrogens with one attached hydrogen (secondary N) is 1. The van der Waals surface area contributed by atoms with Crippen molar-refractivity contribution in [3.8, 4) is 0 Å². The van der Waals surface area contributed by atoms with Crippen molar-refractivity contribution in [2.45, 2.75) is 168 Å². The molecule has 330 valence electrons. The number of aliphatic hydroxyl groups excluding tert-OH is 1. The molecule has 0 aromatic rings. The Balaban J connectivity index is 3.70. The van der Waals surface area contributed by atoms with E-state index in [1.54, 1.807) is 0 Å². The molecule has 0 aromatic heterocycles. The Kier molecular flexibility index (Phi) is 41.2. The zero-order valence-corrected chi connectivity index (χ0v) is 37.1. The van der Waals surface area contributed by atoms with Crippen LogP contribution in [-0.4, -0.2) is 54.3 Å². The Morgan fingerprint density at radius 1 is 0.552 bits per heavy atom. The standard InChI is InChI=1S/C48H80NO8P/c1-3-5-7-9-11-13-15-17-19-20-21-22-23-24-25-26-27-29-31-33-35-37-39-41-48(52)55-44-46(50)45-57-58(53,54)56-43-42-49-47(51)40-38-36-34-32-30-28-18-16-14-12-10-8-6-4-2/h5,7,10-13,16-19,21-22,24-25,27,29,46,50H,3-4,6,8-9,14-15,20,23,26,28,30-45H2,1-2H3,(H,49,51)(H,53,54)/b7-5-,12-10-,13-11-,18-16-,19-17-,22-21-,25-24-,29-27-. The Morgan fingerprint density at radius 2 is 0.983 bits per heavy atom. The van der Waals surface area contributed by atoms with Crippen LogP contribution in [0.1, 0.15) is 162 Å². The Hall–Kier alpha value is -3.07. The first-order valence-corrected chi connectivity index (χ1v) is 23.7. The number of allylic oxidation sites excluding steroid dienone is 16. The molecule has 0 aliphatic rings. The second-order valence-corrected chi connectivity index (χ2v) is 15.7. The van der Waals surface area contributed by atoms with E-state index in [4.69, 9.17) is 13.8 Å². The third-order valence-electron chi connectivity index (χ3n) is 8.75. The largest absolute Gasteiger partial charge is 0.472 e. The Bertz CT molecular complexity index is 1270. The lowest BCUT2D eigenvalue weighted by molar-refractivity contribution is -0.147. The van der Waals surface area contributed by atoms with Gasteiger partial charge in [-0.2, -0.15) is 0 Å². The molecule has 2 unspecified atom stereocenters. The molecule has 1 amide bonds. The quantitative estimate of drug-likeness (QED) is 0.0241. The summed E-state index contributed by atoms with van der Waals surface area (Å²) in [5.74, 6) is -0.565. The molecule has 0 aromatic carbocycles. The predicted octanol–water partition coefficient (Wildman–Crippen LogP) is 12.6. The van der Waals surface area contributed by atoms with E-state index in [9.17, 15) is 24.2 Å². The fourth-order valence-electron chi connectivity index (χ4n) is 5.40. The van der Waals surface area contributed by atoms with Gasteiger partial charge in [0.25, 0.3) is 0 Å². The van der Waals surface area contributed by atoms with Crippen LogP contribution in [0.5, 0.6) is 0 Å². The number of phosphoric ester groups is 1. The molecule has 0 bridgehead atoms. The van der Waals surface area contributed by atoms with Crippen LogP contribution in [0.2, 0.25) is 0 Å². The molecule has 0 aliphatic carbocycles. The van der Waals surface area contributed by atoms with Gasteiger partial charge in [-0.1, -0.05) is 156 Å². The number of ether oxygens (including phenoxy) is 1. The minimum absolute atomic E-state index is 0.0650. The molecule has 0 fully saturated rings. The zero-order chi connectivity index (χ0) is 42.5. The highest BCUT2D eigenvalue weighted by molar-refractivity contribution is 7.47. The van der Waals surface area contributed by atoms with Crippen molar-refractivity contribution in [3.63, 3.8) is 0 Å². The fraction of sp³-hybridized carbons (Fsp3) is 0.625. The van der Waals surface area contributed by atoms with Gasteiger partial charge in [0.15, 0.2) is 0 Å². The van der Waals surface area contributed by atoms with E-state index in [1.165, 1.54) is 19.3 Å². The van der Waals surface area contributed by atoms with Crippen LogP contribution >= 0.6 is 7.82 Å². The molecule has 0 saturated carbocycles. The smallest absolute Gasteiger partial charge is 0.463 e. The minimum Gasteiger partial charge on any atom is -0.463 e. The average molecular weight is 830 g/mol. The zero-order valence-electron chi connectivity index (χ0n) is 36.2. The van der Waals surface area contributed by atoms with Crippen molar-refractivity contribution in [1.29, 1.82) is 0 Å². The maximum atomic E-state index is 12.1. The third-order valence-corrected chi connectivity index (χ3v) is 9.73. The summed E-state index contributed by atoms with van der Waals surface area (Å²) in [5.41, 5.74) is 0. The SMILES string of the molecule is CC/C=C\C/C=C\C/C=C\C/C=C\C/C=C\C/C=C\CCCCCCC(=O)OCC(O)COP(=O)(O)OCCNC(=O)CCCCCCC/C=C\C/C=C\CCCC. The highest BCUT2D eigenvalue weighted by atomic mass is 31.2.